The lowest BCUT2D eigenvalue weighted by Gasteiger charge is -2.14. The molecule has 0 saturated carbocycles. The van der Waals surface area contributed by atoms with E-state index in [0.717, 1.165) is 5.75 Å². The molecule has 0 heterocycles. The van der Waals surface area contributed by atoms with Gasteiger partial charge in [0.15, 0.2) is 0 Å². The number of rotatable bonds is 6. The first-order valence-electron chi connectivity index (χ1n) is 5.29. The van der Waals surface area contributed by atoms with Crippen LogP contribution in [0.25, 0.3) is 0 Å². The Hall–Kier alpha value is -1.49. The van der Waals surface area contributed by atoms with Gasteiger partial charge in [-0.3, -0.25) is 9.59 Å². The van der Waals surface area contributed by atoms with Gasteiger partial charge in [0.1, 0.15) is 6.04 Å². The van der Waals surface area contributed by atoms with Crippen LogP contribution in [0.15, 0.2) is 30.3 Å². The number of carbonyl (C=O) groups is 2. The van der Waals surface area contributed by atoms with Crippen LogP contribution in [-0.4, -0.2) is 29.9 Å². The van der Waals surface area contributed by atoms with Crippen molar-refractivity contribution in [3.05, 3.63) is 35.9 Å². The van der Waals surface area contributed by atoms with E-state index in [2.05, 4.69) is 5.32 Å². The van der Waals surface area contributed by atoms with E-state index in [0.29, 0.717) is 12.0 Å². The van der Waals surface area contributed by atoms with E-state index < -0.39 is 11.9 Å². The van der Waals surface area contributed by atoms with E-state index in [1.54, 1.807) is 36.0 Å². The molecule has 5 heteroatoms. The van der Waals surface area contributed by atoms with Gasteiger partial charge in [-0.25, -0.2) is 0 Å². The summed E-state index contributed by atoms with van der Waals surface area (Å²) in [5.74, 6) is 0.0155. The second-order valence-electron chi connectivity index (χ2n) is 3.58. The van der Waals surface area contributed by atoms with Crippen molar-refractivity contribution in [1.29, 1.82) is 0 Å². The second-order valence-corrected chi connectivity index (χ2v) is 4.56. The molecular formula is C12H16N2O2S. The van der Waals surface area contributed by atoms with E-state index in [1.165, 1.54) is 0 Å². The van der Waals surface area contributed by atoms with E-state index in [1.807, 2.05) is 12.3 Å². The molecule has 1 rings (SSSR count). The summed E-state index contributed by atoms with van der Waals surface area (Å²) in [4.78, 5) is 23.0. The zero-order valence-electron chi connectivity index (χ0n) is 9.68. The van der Waals surface area contributed by atoms with Crippen molar-refractivity contribution in [3.8, 4) is 0 Å². The highest BCUT2D eigenvalue weighted by Crippen LogP contribution is 2.03. The van der Waals surface area contributed by atoms with Crippen LogP contribution in [0, 0.1) is 0 Å². The molecule has 0 radical (unpaired) electrons. The van der Waals surface area contributed by atoms with Crippen LogP contribution in [0.5, 0.6) is 0 Å². The van der Waals surface area contributed by atoms with Crippen LogP contribution >= 0.6 is 11.8 Å². The fourth-order valence-electron chi connectivity index (χ4n) is 1.35. The zero-order valence-corrected chi connectivity index (χ0v) is 10.5. The van der Waals surface area contributed by atoms with E-state index >= 15 is 0 Å². The molecule has 92 valence electrons. The average Bonchev–Trinajstić information content (AvgIpc) is 2.35. The Balaban J connectivity index is 2.61. The fourth-order valence-corrected chi connectivity index (χ4v) is 1.82. The summed E-state index contributed by atoms with van der Waals surface area (Å²) in [6.07, 6.45) is 2.49. The SMILES string of the molecule is CSCCC(NC(=O)c1ccccc1)C(N)=O. The standard InChI is InChI=1S/C12H16N2O2S/c1-17-8-7-10(11(13)15)14-12(16)9-5-3-2-4-6-9/h2-6,10H,7-8H2,1H3,(H2,13,15)(H,14,16). The predicted molar refractivity (Wildman–Crippen MR) is 69.9 cm³/mol. The molecule has 0 spiro atoms. The highest BCUT2D eigenvalue weighted by molar-refractivity contribution is 7.98. The van der Waals surface area contributed by atoms with Crippen LogP contribution in [0.1, 0.15) is 16.8 Å². The van der Waals surface area contributed by atoms with Gasteiger partial charge in [-0.15, -0.1) is 0 Å². The van der Waals surface area contributed by atoms with Crippen LogP contribution in [0.2, 0.25) is 0 Å². The Labute approximate surface area is 105 Å². The molecule has 1 unspecified atom stereocenters. The number of primary amides is 1. The summed E-state index contributed by atoms with van der Waals surface area (Å²) in [6, 6.07) is 8.17. The lowest BCUT2D eigenvalue weighted by Crippen LogP contribution is -2.44. The topological polar surface area (TPSA) is 72.2 Å². The number of nitrogens with two attached hydrogens (primary N) is 1. The number of thioether (sulfide) groups is 1. The van der Waals surface area contributed by atoms with Gasteiger partial charge in [-0.1, -0.05) is 18.2 Å². The summed E-state index contributed by atoms with van der Waals surface area (Å²) in [5.41, 5.74) is 5.77. The van der Waals surface area contributed by atoms with Gasteiger partial charge in [0, 0.05) is 5.56 Å². The Kier molecular flexibility index (Phi) is 5.56. The third-order valence-electron chi connectivity index (χ3n) is 2.30. The van der Waals surface area contributed by atoms with Gasteiger partial charge in [-0.2, -0.15) is 11.8 Å². The average molecular weight is 252 g/mol. The molecule has 3 N–H and O–H groups in total. The van der Waals surface area contributed by atoms with Crippen LogP contribution in [0.3, 0.4) is 0 Å². The van der Waals surface area contributed by atoms with Gasteiger partial charge < -0.3 is 11.1 Å². The highest BCUT2D eigenvalue weighted by Gasteiger charge is 2.17. The van der Waals surface area contributed by atoms with Gasteiger partial charge in [0.2, 0.25) is 5.91 Å². The molecule has 0 fully saturated rings. The van der Waals surface area contributed by atoms with Gasteiger partial charge >= 0.3 is 0 Å². The first kappa shape index (κ1) is 13.6. The van der Waals surface area contributed by atoms with Crippen molar-refractivity contribution in [2.75, 3.05) is 12.0 Å². The normalized spacial score (nSPS) is 11.8. The van der Waals surface area contributed by atoms with Crippen molar-refractivity contribution in [1.82, 2.24) is 5.32 Å². The molecule has 0 aliphatic rings. The minimum atomic E-state index is -0.602. The molecule has 2 amide bonds. The third-order valence-corrected chi connectivity index (χ3v) is 2.94. The summed E-state index contributed by atoms with van der Waals surface area (Å²) < 4.78 is 0. The van der Waals surface area contributed by atoms with Crippen molar-refractivity contribution in [2.45, 2.75) is 12.5 Å². The van der Waals surface area contributed by atoms with Crippen molar-refractivity contribution >= 4 is 23.6 Å². The predicted octanol–water partition coefficient (Wildman–Crippen LogP) is 1.02. The van der Waals surface area contributed by atoms with Crippen LogP contribution < -0.4 is 11.1 Å². The van der Waals surface area contributed by atoms with Gasteiger partial charge in [0.25, 0.3) is 5.91 Å². The van der Waals surface area contributed by atoms with Crippen LogP contribution in [0.4, 0.5) is 0 Å². The largest absolute Gasteiger partial charge is 0.368 e. The lowest BCUT2D eigenvalue weighted by atomic mass is 10.1. The molecule has 0 aliphatic heterocycles. The molecule has 1 aromatic carbocycles. The van der Waals surface area contributed by atoms with Gasteiger partial charge in [-0.05, 0) is 30.6 Å². The first-order valence-corrected chi connectivity index (χ1v) is 6.68. The molecule has 17 heavy (non-hydrogen) atoms. The second kappa shape index (κ2) is 6.96. The number of hydrogen-bond donors (Lipinski definition) is 2. The number of benzene rings is 1. The van der Waals surface area contributed by atoms with Crippen molar-refractivity contribution < 1.29 is 9.59 Å². The highest BCUT2D eigenvalue weighted by atomic mass is 32.2. The quantitative estimate of drug-likeness (QED) is 0.794. The Bertz CT molecular complexity index is 381. The number of hydrogen-bond acceptors (Lipinski definition) is 3. The number of amides is 2. The number of nitrogens with one attached hydrogen (secondary N) is 1. The molecule has 0 bridgehead atoms. The molecule has 0 saturated heterocycles. The minimum Gasteiger partial charge on any atom is -0.368 e. The van der Waals surface area contributed by atoms with E-state index in [9.17, 15) is 9.59 Å². The Morgan fingerprint density at radius 3 is 2.53 bits per heavy atom. The maximum atomic E-state index is 11.8. The lowest BCUT2D eigenvalue weighted by molar-refractivity contribution is -0.119. The van der Waals surface area contributed by atoms with Crippen molar-refractivity contribution in [3.63, 3.8) is 0 Å². The maximum absolute atomic E-state index is 11.8. The maximum Gasteiger partial charge on any atom is 0.251 e. The summed E-state index contributed by atoms with van der Waals surface area (Å²) >= 11 is 1.61. The molecule has 0 aromatic heterocycles. The number of carbonyl (C=O) groups excluding carboxylic acids is 2. The van der Waals surface area contributed by atoms with E-state index in [-0.39, 0.29) is 5.91 Å². The molecule has 1 aromatic rings. The van der Waals surface area contributed by atoms with Crippen LogP contribution in [-0.2, 0) is 4.79 Å². The molecular weight excluding hydrogens is 236 g/mol. The monoisotopic (exact) mass is 252 g/mol. The van der Waals surface area contributed by atoms with E-state index in [4.69, 9.17) is 5.73 Å². The molecule has 1 atom stereocenters. The summed E-state index contributed by atoms with van der Waals surface area (Å²) in [6.45, 7) is 0. The summed E-state index contributed by atoms with van der Waals surface area (Å²) in [7, 11) is 0. The summed E-state index contributed by atoms with van der Waals surface area (Å²) in [5, 5.41) is 2.64. The molecule has 0 aliphatic carbocycles. The first-order chi connectivity index (χ1) is 8.15. The Morgan fingerprint density at radius 1 is 1.35 bits per heavy atom. The van der Waals surface area contributed by atoms with Gasteiger partial charge in [0.05, 0.1) is 0 Å². The van der Waals surface area contributed by atoms with Crippen molar-refractivity contribution in [2.24, 2.45) is 5.73 Å². The fraction of sp³-hybridized carbons (Fsp3) is 0.333. The smallest absolute Gasteiger partial charge is 0.251 e. The third kappa shape index (κ3) is 4.48. The Morgan fingerprint density at radius 2 is 2.00 bits per heavy atom. The minimum absolute atomic E-state index is 0.268. The zero-order chi connectivity index (χ0) is 12.7. The molecule has 4 nitrogen and oxygen atoms in total.